The van der Waals surface area contributed by atoms with Crippen molar-refractivity contribution in [3.05, 3.63) is 68.1 Å². The molecular formula is C22H25BrCl2N2O2S. The number of benzene rings is 2. The lowest BCUT2D eigenvalue weighted by Crippen LogP contribution is -2.48. The lowest BCUT2D eigenvalue weighted by Gasteiger charge is -2.28. The van der Waals surface area contributed by atoms with Crippen LogP contribution in [-0.4, -0.2) is 35.1 Å². The van der Waals surface area contributed by atoms with E-state index in [0.29, 0.717) is 28.9 Å². The summed E-state index contributed by atoms with van der Waals surface area (Å²) in [5, 5.41) is 3.89. The summed E-state index contributed by atoms with van der Waals surface area (Å²) in [7, 11) is 0. The molecule has 2 rings (SSSR count). The van der Waals surface area contributed by atoms with Crippen molar-refractivity contribution >= 4 is 62.7 Å². The Morgan fingerprint density at radius 3 is 2.40 bits per heavy atom. The number of hydrogen-bond acceptors (Lipinski definition) is 3. The second-order valence-electron chi connectivity index (χ2n) is 6.86. The molecule has 0 aliphatic carbocycles. The molecule has 0 fully saturated rings. The molecule has 2 aromatic carbocycles. The number of nitrogens with one attached hydrogen (secondary N) is 1. The molecule has 4 nitrogen and oxygen atoms in total. The molecule has 0 aliphatic rings. The van der Waals surface area contributed by atoms with E-state index in [4.69, 9.17) is 23.2 Å². The van der Waals surface area contributed by atoms with E-state index in [1.54, 1.807) is 17.9 Å². The smallest absolute Gasteiger partial charge is 0.242 e. The molecule has 8 heteroatoms. The number of amides is 2. The van der Waals surface area contributed by atoms with Crippen molar-refractivity contribution < 1.29 is 9.59 Å². The molecule has 162 valence electrons. The number of nitrogens with zero attached hydrogens (tertiary/aromatic N) is 1. The van der Waals surface area contributed by atoms with Crippen LogP contribution < -0.4 is 5.32 Å². The van der Waals surface area contributed by atoms with Crippen molar-refractivity contribution in [1.82, 2.24) is 10.2 Å². The monoisotopic (exact) mass is 530 g/mol. The van der Waals surface area contributed by atoms with Crippen LogP contribution in [-0.2, 0) is 21.9 Å². The SMILES string of the molecule is CCCNC(=O)[C@@H](C)N(Cc1ccc(Br)cc1)C(=O)CSCc1ccc(Cl)c(Cl)c1. The topological polar surface area (TPSA) is 49.4 Å². The van der Waals surface area contributed by atoms with Crippen LogP contribution in [0.25, 0.3) is 0 Å². The molecule has 1 atom stereocenters. The van der Waals surface area contributed by atoms with Gasteiger partial charge in [0, 0.05) is 23.3 Å². The molecule has 0 saturated carbocycles. The van der Waals surface area contributed by atoms with Crippen LogP contribution in [0.4, 0.5) is 0 Å². The normalized spacial score (nSPS) is 11.8. The first-order chi connectivity index (χ1) is 14.3. The van der Waals surface area contributed by atoms with Gasteiger partial charge in [-0.2, -0.15) is 0 Å². The first-order valence-corrected chi connectivity index (χ1v) is 12.4. The quantitative estimate of drug-likeness (QED) is 0.413. The maximum Gasteiger partial charge on any atom is 0.242 e. The van der Waals surface area contributed by atoms with Gasteiger partial charge in [-0.15, -0.1) is 11.8 Å². The van der Waals surface area contributed by atoms with E-state index in [0.717, 1.165) is 22.0 Å². The second kappa shape index (κ2) is 12.6. The van der Waals surface area contributed by atoms with Gasteiger partial charge in [-0.1, -0.05) is 64.3 Å². The highest BCUT2D eigenvalue weighted by Gasteiger charge is 2.25. The number of carbonyl (C=O) groups excluding carboxylic acids is 2. The number of hydrogen-bond donors (Lipinski definition) is 1. The molecule has 0 aliphatic heterocycles. The zero-order chi connectivity index (χ0) is 22.1. The maximum absolute atomic E-state index is 13.0. The van der Waals surface area contributed by atoms with E-state index in [2.05, 4.69) is 21.2 Å². The third kappa shape index (κ3) is 7.80. The molecular weight excluding hydrogens is 507 g/mol. The third-order valence-electron chi connectivity index (χ3n) is 4.46. The van der Waals surface area contributed by atoms with E-state index in [-0.39, 0.29) is 17.6 Å². The summed E-state index contributed by atoms with van der Waals surface area (Å²) in [6.07, 6.45) is 0.846. The first kappa shape index (κ1) is 25.1. The van der Waals surface area contributed by atoms with Gasteiger partial charge in [0.25, 0.3) is 0 Å². The Labute approximate surface area is 200 Å². The summed E-state index contributed by atoms with van der Waals surface area (Å²) in [5.74, 6) is 0.673. The second-order valence-corrected chi connectivity index (χ2v) is 9.57. The molecule has 2 aromatic rings. The Hall–Kier alpha value is -1.21. The van der Waals surface area contributed by atoms with Gasteiger partial charge in [0.05, 0.1) is 15.8 Å². The lowest BCUT2D eigenvalue weighted by atomic mass is 10.1. The van der Waals surface area contributed by atoms with E-state index >= 15 is 0 Å². The standard InChI is InChI=1S/C22H25BrCl2N2O2S/c1-3-10-26-22(29)15(2)27(12-16-4-7-18(23)8-5-16)21(28)14-30-13-17-6-9-19(24)20(25)11-17/h4-9,11,15H,3,10,12-14H2,1-2H3,(H,26,29)/t15-/m1/s1. The predicted molar refractivity (Wildman–Crippen MR) is 130 cm³/mol. The van der Waals surface area contributed by atoms with Gasteiger partial charge in [-0.25, -0.2) is 0 Å². The summed E-state index contributed by atoms with van der Waals surface area (Å²) in [5.41, 5.74) is 1.96. The average molecular weight is 532 g/mol. The third-order valence-corrected chi connectivity index (χ3v) is 6.72. The minimum Gasteiger partial charge on any atom is -0.354 e. The van der Waals surface area contributed by atoms with Crippen molar-refractivity contribution in [1.29, 1.82) is 0 Å². The Kier molecular flexibility index (Phi) is 10.5. The van der Waals surface area contributed by atoms with Crippen LogP contribution in [0.3, 0.4) is 0 Å². The summed E-state index contributed by atoms with van der Waals surface area (Å²) in [6.45, 7) is 4.73. The summed E-state index contributed by atoms with van der Waals surface area (Å²) in [4.78, 5) is 27.2. The van der Waals surface area contributed by atoms with Gasteiger partial charge in [-0.3, -0.25) is 9.59 Å². The number of carbonyl (C=O) groups is 2. The molecule has 0 radical (unpaired) electrons. The number of rotatable bonds is 10. The molecule has 0 heterocycles. The van der Waals surface area contributed by atoms with Gasteiger partial charge >= 0.3 is 0 Å². The zero-order valence-electron chi connectivity index (χ0n) is 17.0. The highest BCUT2D eigenvalue weighted by molar-refractivity contribution is 9.10. The number of thioether (sulfide) groups is 1. The number of halogens is 3. The predicted octanol–water partition coefficient (Wildman–Crippen LogP) is 5.93. The van der Waals surface area contributed by atoms with Gasteiger partial charge < -0.3 is 10.2 Å². The minimum atomic E-state index is -0.557. The molecule has 0 spiro atoms. The average Bonchev–Trinajstić information content (AvgIpc) is 2.73. The van der Waals surface area contributed by atoms with E-state index < -0.39 is 6.04 Å². The van der Waals surface area contributed by atoms with Crippen molar-refractivity contribution in [2.45, 2.75) is 38.6 Å². The van der Waals surface area contributed by atoms with Gasteiger partial charge in [-0.05, 0) is 48.7 Å². The van der Waals surface area contributed by atoms with Gasteiger partial charge in [0.2, 0.25) is 11.8 Å². The van der Waals surface area contributed by atoms with E-state index in [1.165, 1.54) is 11.8 Å². The van der Waals surface area contributed by atoms with Gasteiger partial charge in [0.15, 0.2) is 0 Å². The zero-order valence-corrected chi connectivity index (χ0v) is 20.9. The van der Waals surface area contributed by atoms with E-state index in [9.17, 15) is 9.59 Å². The van der Waals surface area contributed by atoms with Crippen LogP contribution in [0.2, 0.25) is 10.0 Å². The molecule has 0 bridgehead atoms. The van der Waals surface area contributed by atoms with E-state index in [1.807, 2.05) is 43.3 Å². The highest BCUT2D eigenvalue weighted by atomic mass is 79.9. The minimum absolute atomic E-state index is 0.0814. The summed E-state index contributed by atoms with van der Waals surface area (Å²) < 4.78 is 0.968. The summed E-state index contributed by atoms with van der Waals surface area (Å²) in [6, 6.07) is 12.7. The summed E-state index contributed by atoms with van der Waals surface area (Å²) >= 11 is 16.9. The Morgan fingerprint density at radius 2 is 1.77 bits per heavy atom. The molecule has 1 N–H and O–H groups in total. The first-order valence-electron chi connectivity index (χ1n) is 9.65. The Morgan fingerprint density at radius 1 is 1.10 bits per heavy atom. The Bertz CT molecular complexity index is 865. The van der Waals surface area contributed by atoms with Crippen LogP contribution in [0.1, 0.15) is 31.4 Å². The largest absolute Gasteiger partial charge is 0.354 e. The highest BCUT2D eigenvalue weighted by Crippen LogP contribution is 2.25. The maximum atomic E-state index is 13.0. The van der Waals surface area contributed by atoms with Crippen LogP contribution in [0.15, 0.2) is 46.9 Å². The molecule has 0 aromatic heterocycles. The fraction of sp³-hybridized carbons (Fsp3) is 0.364. The Balaban J connectivity index is 2.05. The van der Waals surface area contributed by atoms with Gasteiger partial charge in [0.1, 0.15) is 6.04 Å². The molecule has 0 saturated heterocycles. The lowest BCUT2D eigenvalue weighted by molar-refractivity contribution is -0.138. The van der Waals surface area contributed by atoms with Crippen molar-refractivity contribution in [3.8, 4) is 0 Å². The van der Waals surface area contributed by atoms with Crippen molar-refractivity contribution in [2.75, 3.05) is 12.3 Å². The van der Waals surface area contributed by atoms with Crippen molar-refractivity contribution in [3.63, 3.8) is 0 Å². The van der Waals surface area contributed by atoms with Crippen LogP contribution in [0, 0.1) is 0 Å². The van der Waals surface area contributed by atoms with Crippen LogP contribution in [0.5, 0.6) is 0 Å². The fourth-order valence-corrected chi connectivity index (χ4v) is 4.18. The molecule has 0 unspecified atom stereocenters. The molecule has 30 heavy (non-hydrogen) atoms. The fourth-order valence-electron chi connectivity index (χ4n) is 2.73. The van der Waals surface area contributed by atoms with Crippen molar-refractivity contribution in [2.24, 2.45) is 0 Å². The molecule has 2 amide bonds. The van der Waals surface area contributed by atoms with Crippen LogP contribution >= 0.6 is 50.9 Å².